The SMILES string of the molecule is CCNCCCOc1cccc2ncnc(Nc3ccc(Oc4ccc5c(c4)ncn5C)c(C)c3)c12. The molecule has 0 atom stereocenters. The van der Waals surface area contributed by atoms with E-state index in [-0.39, 0.29) is 0 Å². The second-order valence-electron chi connectivity index (χ2n) is 8.64. The molecule has 2 heterocycles. The zero-order valence-electron chi connectivity index (χ0n) is 20.8. The third-order valence-corrected chi connectivity index (χ3v) is 5.99. The molecule has 0 spiro atoms. The molecule has 2 N–H and O–H groups in total. The number of aryl methyl sites for hydroxylation is 2. The molecular formula is C28H30N6O2. The molecule has 0 bridgehead atoms. The van der Waals surface area contributed by atoms with Crippen LogP contribution in [0.4, 0.5) is 11.5 Å². The van der Waals surface area contributed by atoms with Crippen LogP contribution in [0, 0.1) is 6.92 Å². The predicted molar refractivity (Wildman–Crippen MR) is 143 cm³/mol. The minimum atomic E-state index is 0.621. The first-order valence-electron chi connectivity index (χ1n) is 12.2. The molecule has 184 valence electrons. The van der Waals surface area contributed by atoms with E-state index < -0.39 is 0 Å². The van der Waals surface area contributed by atoms with Gasteiger partial charge in [0.2, 0.25) is 0 Å². The molecule has 0 aliphatic rings. The van der Waals surface area contributed by atoms with Crippen molar-refractivity contribution in [3.63, 3.8) is 0 Å². The van der Waals surface area contributed by atoms with E-state index in [1.165, 1.54) is 0 Å². The van der Waals surface area contributed by atoms with Crippen LogP contribution in [0.1, 0.15) is 18.9 Å². The lowest BCUT2D eigenvalue weighted by Crippen LogP contribution is -2.16. The van der Waals surface area contributed by atoms with Crippen LogP contribution in [-0.2, 0) is 7.05 Å². The number of fused-ring (bicyclic) bond motifs is 2. The normalized spacial score (nSPS) is 11.2. The molecular weight excluding hydrogens is 452 g/mol. The summed E-state index contributed by atoms with van der Waals surface area (Å²) < 4.78 is 14.3. The summed E-state index contributed by atoms with van der Waals surface area (Å²) in [7, 11) is 1.98. The lowest BCUT2D eigenvalue weighted by molar-refractivity contribution is 0.312. The summed E-state index contributed by atoms with van der Waals surface area (Å²) in [6, 6.07) is 17.8. The average molecular weight is 483 g/mol. The number of benzene rings is 3. The molecule has 0 aliphatic heterocycles. The molecule has 0 fully saturated rings. The van der Waals surface area contributed by atoms with E-state index >= 15 is 0 Å². The van der Waals surface area contributed by atoms with Gasteiger partial charge in [0.1, 0.15) is 29.4 Å². The molecule has 5 rings (SSSR count). The van der Waals surface area contributed by atoms with Crippen LogP contribution in [0.2, 0.25) is 0 Å². The third kappa shape index (κ3) is 5.08. The largest absolute Gasteiger partial charge is 0.493 e. The highest BCUT2D eigenvalue weighted by Crippen LogP contribution is 2.34. The minimum absolute atomic E-state index is 0.621. The second kappa shape index (κ2) is 10.6. The molecule has 8 nitrogen and oxygen atoms in total. The van der Waals surface area contributed by atoms with Crippen molar-refractivity contribution in [3.05, 3.63) is 72.8 Å². The van der Waals surface area contributed by atoms with E-state index in [2.05, 4.69) is 32.5 Å². The van der Waals surface area contributed by atoms with Crippen LogP contribution < -0.4 is 20.1 Å². The molecule has 0 unspecified atom stereocenters. The van der Waals surface area contributed by atoms with Gasteiger partial charge in [0.05, 0.1) is 34.9 Å². The number of aromatic nitrogens is 4. The quantitative estimate of drug-likeness (QED) is 0.246. The van der Waals surface area contributed by atoms with E-state index in [1.807, 2.05) is 73.1 Å². The van der Waals surface area contributed by atoms with Gasteiger partial charge >= 0.3 is 0 Å². The molecule has 5 aromatic rings. The smallest absolute Gasteiger partial charge is 0.145 e. The highest BCUT2D eigenvalue weighted by Gasteiger charge is 2.12. The number of imidazole rings is 1. The van der Waals surface area contributed by atoms with Gasteiger partial charge in [-0.25, -0.2) is 15.0 Å². The maximum atomic E-state index is 6.17. The molecule has 0 aliphatic carbocycles. The van der Waals surface area contributed by atoms with Gasteiger partial charge in [-0.05, 0) is 74.5 Å². The van der Waals surface area contributed by atoms with Crippen LogP contribution in [0.3, 0.4) is 0 Å². The average Bonchev–Trinajstić information content (AvgIpc) is 3.25. The summed E-state index contributed by atoms with van der Waals surface area (Å²) in [4.78, 5) is 13.4. The van der Waals surface area contributed by atoms with Gasteiger partial charge in [-0.2, -0.15) is 0 Å². The summed E-state index contributed by atoms with van der Waals surface area (Å²) >= 11 is 0. The van der Waals surface area contributed by atoms with Crippen LogP contribution in [0.5, 0.6) is 17.2 Å². The second-order valence-corrected chi connectivity index (χ2v) is 8.64. The van der Waals surface area contributed by atoms with Crippen molar-refractivity contribution < 1.29 is 9.47 Å². The predicted octanol–water partition coefficient (Wildman–Crippen LogP) is 5.74. The number of ether oxygens (including phenoxy) is 2. The lowest BCUT2D eigenvalue weighted by Gasteiger charge is -2.14. The van der Waals surface area contributed by atoms with Crippen molar-refractivity contribution in [2.75, 3.05) is 25.0 Å². The number of anilines is 2. The van der Waals surface area contributed by atoms with Gasteiger partial charge in [-0.3, -0.25) is 0 Å². The zero-order chi connectivity index (χ0) is 24.9. The van der Waals surface area contributed by atoms with E-state index in [0.29, 0.717) is 12.4 Å². The zero-order valence-corrected chi connectivity index (χ0v) is 20.8. The van der Waals surface area contributed by atoms with Gasteiger partial charge in [0.15, 0.2) is 0 Å². The van der Waals surface area contributed by atoms with Crippen LogP contribution >= 0.6 is 0 Å². The van der Waals surface area contributed by atoms with Crippen LogP contribution in [0.25, 0.3) is 21.9 Å². The van der Waals surface area contributed by atoms with Crippen molar-refractivity contribution in [3.8, 4) is 17.2 Å². The molecule has 36 heavy (non-hydrogen) atoms. The summed E-state index contributed by atoms with van der Waals surface area (Å²) in [5.41, 5.74) is 4.71. The maximum absolute atomic E-state index is 6.17. The fourth-order valence-electron chi connectivity index (χ4n) is 4.13. The van der Waals surface area contributed by atoms with Crippen molar-refractivity contribution in [1.29, 1.82) is 0 Å². The Morgan fingerprint density at radius 1 is 0.944 bits per heavy atom. The molecule has 0 radical (unpaired) electrons. The van der Waals surface area contributed by atoms with Gasteiger partial charge in [0, 0.05) is 18.8 Å². The number of hydrogen-bond acceptors (Lipinski definition) is 7. The first-order chi connectivity index (χ1) is 17.6. The Bertz CT molecular complexity index is 1490. The highest BCUT2D eigenvalue weighted by atomic mass is 16.5. The Morgan fingerprint density at radius 3 is 2.72 bits per heavy atom. The van der Waals surface area contributed by atoms with E-state index in [4.69, 9.17) is 9.47 Å². The van der Waals surface area contributed by atoms with Gasteiger partial charge in [-0.15, -0.1) is 0 Å². The topological polar surface area (TPSA) is 86.1 Å². The van der Waals surface area contributed by atoms with E-state index in [0.717, 1.165) is 69.9 Å². The number of rotatable bonds is 10. The Hall–Kier alpha value is -4.17. The fraction of sp³-hybridized carbons (Fsp3) is 0.250. The summed E-state index contributed by atoms with van der Waals surface area (Å²) in [6.45, 7) is 6.62. The summed E-state index contributed by atoms with van der Waals surface area (Å²) in [6.07, 6.45) is 4.30. The molecule has 0 saturated heterocycles. The molecule has 0 amide bonds. The molecule has 8 heteroatoms. The molecule has 3 aromatic carbocycles. The van der Waals surface area contributed by atoms with Gasteiger partial charge < -0.3 is 24.7 Å². The van der Waals surface area contributed by atoms with Gasteiger partial charge in [-0.1, -0.05) is 13.0 Å². The standard InChI is InChI=1S/C28H30N6O2/c1-4-29-13-6-14-35-26-8-5-7-22-27(26)28(31-17-30-22)33-20-9-12-25(19(2)15-20)36-21-10-11-24-23(16-21)32-18-34(24)3/h5,7-12,15-18,29H,4,6,13-14H2,1-3H3,(H,30,31,33). The number of hydrogen-bond donors (Lipinski definition) is 2. The molecule has 0 saturated carbocycles. The minimum Gasteiger partial charge on any atom is -0.493 e. The van der Waals surface area contributed by atoms with E-state index in [1.54, 1.807) is 12.7 Å². The number of nitrogens with zero attached hydrogens (tertiary/aromatic N) is 4. The lowest BCUT2D eigenvalue weighted by atomic mass is 10.1. The van der Waals surface area contributed by atoms with Crippen LogP contribution in [0.15, 0.2) is 67.3 Å². The van der Waals surface area contributed by atoms with Crippen molar-refractivity contribution in [2.45, 2.75) is 20.3 Å². The Kier molecular flexibility index (Phi) is 6.95. The Balaban J connectivity index is 1.35. The van der Waals surface area contributed by atoms with Crippen molar-refractivity contribution in [2.24, 2.45) is 7.05 Å². The third-order valence-electron chi connectivity index (χ3n) is 5.99. The Labute approximate surface area is 210 Å². The summed E-state index contributed by atoms with van der Waals surface area (Å²) in [5.74, 6) is 3.01. The Morgan fingerprint density at radius 2 is 1.86 bits per heavy atom. The van der Waals surface area contributed by atoms with Gasteiger partial charge in [0.25, 0.3) is 0 Å². The number of nitrogens with one attached hydrogen (secondary N) is 2. The monoisotopic (exact) mass is 482 g/mol. The van der Waals surface area contributed by atoms with Crippen molar-refractivity contribution >= 4 is 33.4 Å². The van der Waals surface area contributed by atoms with Crippen LogP contribution in [-0.4, -0.2) is 39.2 Å². The summed E-state index contributed by atoms with van der Waals surface area (Å²) in [5, 5.41) is 7.63. The van der Waals surface area contributed by atoms with E-state index in [9.17, 15) is 0 Å². The molecule has 2 aromatic heterocycles. The fourth-order valence-corrected chi connectivity index (χ4v) is 4.13. The first-order valence-corrected chi connectivity index (χ1v) is 12.2. The maximum Gasteiger partial charge on any atom is 0.145 e. The first kappa shape index (κ1) is 23.6. The van der Waals surface area contributed by atoms with Crippen molar-refractivity contribution in [1.82, 2.24) is 24.8 Å². The highest BCUT2D eigenvalue weighted by molar-refractivity contribution is 5.95.